The Balaban J connectivity index is 1.62. The number of esters is 1. The van der Waals surface area contributed by atoms with E-state index < -0.39 is 11.4 Å². The van der Waals surface area contributed by atoms with Crippen molar-refractivity contribution in [3.8, 4) is 0 Å². The van der Waals surface area contributed by atoms with E-state index in [-0.39, 0.29) is 5.91 Å². The van der Waals surface area contributed by atoms with Crippen molar-refractivity contribution >= 4 is 28.5 Å². The molecule has 1 aliphatic rings. The predicted octanol–water partition coefficient (Wildman–Crippen LogP) is 3.62. The molecule has 0 saturated heterocycles. The molecule has 0 atom stereocenters. The lowest BCUT2D eigenvalue weighted by Crippen LogP contribution is -2.27. The molecular formula is C20H18N2O3. The van der Waals surface area contributed by atoms with Crippen molar-refractivity contribution in [2.24, 2.45) is 0 Å². The molecule has 25 heavy (non-hydrogen) atoms. The third kappa shape index (κ3) is 2.58. The minimum Gasteiger partial charge on any atom is -0.465 e. The molecule has 1 aliphatic carbocycles. The van der Waals surface area contributed by atoms with E-state index in [0.717, 1.165) is 29.3 Å². The Hall–Kier alpha value is -3.08. The Labute approximate surface area is 145 Å². The first-order valence-electron chi connectivity index (χ1n) is 8.20. The number of carbonyl (C=O) groups excluding carboxylic acids is 2. The Morgan fingerprint density at radius 1 is 1.12 bits per heavy atom. The number of hydrogen-bond acceptors (Lipinski definition) is 3. The third-order valence-corrected chi connectivity index (χ3v) is 4.83. The molecule has 5 heteroatoms. The molecule has 2 N–H and O–H groups in total. The molecule has 4 rings (SSSR count). The topological polar surface area (TPSA) is 71.2 Å². The number of carbonyl (C=O) groups is 2. The number of methoxy groups -OCH3 is 1. The summed E-state index contributed by atoms with van der Waals surface area (Å²) in [4.78, 5) is 27.8. The Bertz CT molecular complexity index is 970. The molecule has 0 unspecified atom stereocenters. The molecule has 0 bridgehead atoms. The number of nitrogens with one attached hydrogen (secondary N) is 2. The van der Waals surface area contributed by atoms with Crippen LogP contribution in [-0.4, -0.2) is 24.0 Å². The van der Waals surface area contributed by atoms with E-state index in [0.29, 0.717) is 11.3 Å². The lowest BCUT2D eigenvalue weighted by atomic mass is 9.94. The number of para-hydroxylation sites is 1. The Morgan fingerprint density at radius 2 is 1.92 bits per heavy atom. The Morgan fingerprint density at radius 3 is 2.68 bits per heavy atom. The number of fused-ring (bicyclic) bond motifs is 1. The fourth-order valence-corrected chi connectivity index (χ4v) is 3.30. The van der Waals surface area contributed by atoms with Crippen LogP contribution in [0.5, 0.6) is 0 Å². The molecular weight excluding hydrogens is 316 g/mol. The molecule has 0 spiro atoms. The monoisotopic (exact) mass is 334 g/mol. The highest BCUT2D eigenvalue weighted by atomic mass is 16.5. The number of ether oxygens (including phenoxy) is 1. The van der Waals surface area contributed by atoms with Gasteiger partial charge in [0.15, 0.2) is 0 Å². The molecule has 0 aliphatic heterocycles. The fourth-order valence-electron chi connectivity index (χ4n) is 3.30. The van der Waals surface area contributed by atoms with Gasteiger partial charge in [-0.05, 0) is 42.7 Å². The summed E-state index contributed by atoms with van der Waals surface area (Å²) in [5, 5.41) is 4.04. The van der Waals surface area contributed by atoms with Crippen molar-refractivity contribution in [1.29, 1.82) is 0 Å². The van der Waals surface area contributed by atoms with Gasteiger partial charge in [-0.3, -0.25) is 4.79 Å². The largest absolute Gasteiger partial charge is 0.465 e. The van der Waals surface area contributed by atoms with Crippen molar-refractivity contribution in [3.05, 3.63) is 65.9 Å². The minimum atomic E-state index is -0.499. The van der Waals surface area contributed by atoms with Crippen LogP contribution in [0.2, 0.25) is 0 Å². The molecule has 1 heterocycles. The second-order valence-electron chi connectivity index (χ2n) is 6.36. The van der Waals surface area contributed by atoms with Gasteiger partial charge in [0.25, 0.3) is 0 Å². The van der Waals surface area contributed by atoms with Crippen LogP contribution in [0, 0.1) is 0 Å². The number of aromatic amines is 1. The van der Waals surface area contributed by atoms with E-state index in [1.807, 2.05) is 30.5 Å². The Kier molecular flexibility index (Phi) is 3.57. The zero-order valence-electron chi connectivity index (χ0n) is 13.8. The van der Waals surface area contributed by atoms with E-state index in [4.69, 9.17) is 4.74 Å². The normalized spacial score (nSPS) is 14.9. The average Bonchev–Trinajstić information content (AvgIpc) is 3.34. The molecule has 0 radical (unpaired) electrons. The van der Waals surface area contributed by atoms with Gasteiger partial charge in [0.05, 0.1) is 18.1 Å². The van der Waals surface area contributed by atoms with Crippen LogP contribution >= 0.6 is 0 Å². The maximum absolute atomic E-state index is 12.9. The molecule has 5 nitrogen and oxygen atoms in total. The minimum absolute atomic E-state index is 0.0423. The van der Waals surface area contributed by atoms with E-state index in [1.165, 1.54) is 7.11 Å². The number of hydrogen-bond donors (Lipinski definition) is 2. The fraction of sp³-hybridized carbons (Fsp3) is 0.200. The SMILES string of the molecule is COC(=O)c1cccc(NC(=O)C2(c3c[nH]c4ccccc34)CC2)c1. The molecule has 1 saturated carbocycles. The van der Waals surface area contributed by atoms with Crippen LogP contribution in [0.25, 0.3) is 10.9 Å². The van der Waals surface area contributed by atoms with Gasteiger partial charge in [-0.15, -0.1) is 0 Å². The smallest absolute Gasteiger partial charge is 0.337 e. The van der Waals surface area contributed by atoms with Crippen LogP contribution in [0.15, 0.2) is 54.7 Å². The maximum atomic E-state index is 12.9. The predicted molar refractivity (Wildman–Crippen MR) is 95.6 cm³/mol. The van der Waals surface area contributed by atoms with Crippen LogP contribution in [-0.2, 0) is 14.9 Å². The van der Waals surface area contributed by atoms with Crippen molar-refractivity contribution in [2.75, 3.05) is 12.4 Å². The van der Waals surface area contributed by atoms with Gasteiger partial charge in [-0.2, -0.15) is 0 Å². The second kappa shape index (κ2) is 5.77. The van der Waals surface area contributed by atoms with E-state index in [2.05, 4.69) is 10.3 Å². The first-order chi connectivity index (χ1) is 12.1. The van der Waals surface area contributed by atoms with Gasteiger partial charge in [-0.25, -0.2) is 4.79 Å². The third-order valence-electron chi connectivity index (χ3n) is 4.83. The summed E-state index contributed by atoms with van der Waals surface area (Å²) in [7, 11) is 1.34. The summed E-state index contributed by atoms with van der Waals surface area (Å²) in [5.41, 5.74) is 2.58. The lowest BCUT2D eigenvalue weighted by Gasteiger charge is -2.15. The molecule has 3 aromatic rings. The first-order valence-corrected chi connectivity index (χ1v) is 8.20. The average molecular weight is 334 g/mol. The van der Waals surface area contributed by atoms with Crippen LogP contribution in [0.4, 0.5) is 5.69 Å². The van der Waals surface area contributed by atoms with Gasteiger partial charge in [0, 0.05) is 22.8 Å². The van der Waals surface area contributed by atoms with Gasteiger partial charge >= 0.3 is 5.97 Å². The summed E-state index contributed by atoms with van der Waals surface area (Å²) in [6, 6.07) is 14.8. The summed E-state index contributed by atoms with van der Waals surface area (Å²) >= 11 is 0. The molecule has 126 valence electrons. The molecule has 1 amide bonds. The van der Waals surface area contributed by atoms with Crippen molar-refractivity contribution in [2.45, 2.75) is 18.3 Å². The van der Waals surface area contributed by atoms with Gasteiger partial charge in [0.1, 0.15) is 0 Å². The quantitative estimate of drug-likeness (QED) is 0.716. The van der Waals surface area contributed by atoms with Gasteiger partial charge in [-0.1, -0.05) is 24.3 Å². The number of amides is 1. The highest BCUT2D eigenvalue weighted by Crippen LogP contribution is 2.51. The van der Waals surface area contributed by atoms with Gasteiger partial charge in [0.2, 0.25) is 5.91 Å². The molecule has 2 aromatic carbocycles. The summed E-state index contributed by atoms with van der Waals surface area (Å²) in [6.07, 6.45) is 3.57. The van der Waals surface area contributed by atoms with Crippen LogP contribution in [0.1, 0.15) is 28.8 Å². The maximum Gasteiger partial charge on any atom is 0.337 e. The highest BCUT2D eigenvalue weighted by molar-refractivity contribution is 6.05. The number of anilines is 1. The second-order valence-corrected chi connectivity index (χ2v) is 6.36. The number of rotatable bonds is 4. The van der Waals surface area contributed by atoms with E-state index in [9.17, 15) is 9.59 Å². The van der Waals surface area contributed by atoms with Gasteiger partial charge < -0.3 is 15.0 Å². The van der Waals surface area contributed by atoms with Crippen molar-refractivity contribution in [3.63, 3.8) is 0 Å². The highest BCUT2D eigenvalue weighted by Gasteiger charge is 2.52. The lowest BCUT2D eigenvalue weighted by molar-refractivity contribution is -0.118. The summed E-state index contributed by atoms with van der Waals surface area (Å²) < 4.78 is 4.73. The zero-order chi connectivity index (χ0) is 17.4. The van der Waals surface area contributed by atoms with Crippen molar-refractivity contribution in [1.82, 2.24) is 4.98 Å². The first kappa shape index (κ1) is 15.4. The van der Waals surface area contributed by atoms with E-state index in [1.54, 1.807) is 24.3 Å². The number of aromatic nitrogens is 1. The number of benzene rings is 2. The molecule has 1 aromatic heterocycles. The molecule has 1 fully saturated rings. The zero-order valence-corrected chi connectivity index (χ0v) is 13.8. The summed E-state index contributed by atoms with van der Waals surface area (Å²) in [5.74, 6) is -0.465. The van der Waals surface area contributed by atoms with Crippen LogP contribution in [0.3, 0.4) is 0 Å². The number of H-pyrrole nitrogens is 1. The van der Waals surface area contributed by atoms with E-state index >= 15 is 0 Å². The van der Waals surface area contributed by atoms with Crippen molar-refractivity contribution < 1.29 is 14.3 Å². The standard InChI is InChI=1S/C20H18N2O3/c1-25-18(23)13-5-4-6-14(11-13)22-19(24)20(9-10-20)16-12-21-17-8-3-2-7-15(16)17/h2-8,11-12,21H,9-10H2,1H3,(H,22,24). The summed E-state index contributed by atoms with van der Waals surface area (Å²) in [6.45, 7) is 0. The van der Waals surface area contributed by atoms with Crippen LogP contribution < -0.4 is 5.32 Å².